The monoisotopic (exact) mass is 1000 g/mol. The second kappa shape index (κ2) is 43.8. The average Bonchev–Trinajstić information content (AvgIpc) is 3.36. The molecule has 11 atom stereocenters. The molecule has 14 nitrogen and oxygen atoms in total. The summed E-state index contributed by atoms with van der Waals surface area (Å²) < 4.78 is 34.4. The van der Waals surface area contributed by atoms with Crippen LogP contribution in [-0.4, -0.2) is 142 Å². The molecule has 0 bridgehead atoms. The number of hydrogen-bond acceptors (Lipinski definition) is 14. The highest BCUT2D eigenvalue weighted by molar-refractivity contribution is 5.69. The Hall–Kier alpha value is -1.53. The molecule has 412 valence electrons. The highest BCUT2D eigenvalue weighted by Gasteiger charge is 2.47. The molecule has 70 heavy (non-hydrogen) atoms. The molecule has 0 aromatic rings. The van der Waals surface area contributed by atoms with Gasteiger partial charge in [0.05, 0.1) is 26.4 Å². The predicted octanol–water partition coefficient (Wildman–Crippen LogP) is 9.58. The lowest BCUT2D eigenvalue weighted by atomic mass is 9.98. The molecule has 2 aliphatic heterocycles. The van der Waals surface area contributed by atoms with E-state index in [2.05, 4.69) is 38.2 Å². The summed E-state index contributed by atoms with van der Waals surface area (Å²) in [5, 5.41) is 72.3. The highest BCUT2D eigenvalue weighted by Crippen LogP contribution is 2.27. The fraction of sp³-hybridized carbons (Fsp3) is 0.911. The lowest BCUT2D eigenvalue weighted by Gasteiger charge is -2.42. The fourth-order valence-electron chi connectivity index (χ4n) is 9.07. The Morgan fingerprint density at radius 2 is 0.900 bits per heavy atom. The average molecular weight is 1000 g/mol. The summed E-state index contributed by atoms with van der Waals surface area (Å²) in [7, 11) is 0. The molecule has 2 fully saturated rings. The first-order valence-electron chi connectivity index (χ1n) is 28.4. The number of carbonyl (C=O) groups excluding carboxylic acids is 1. The minimum atomic E-state index is -1.71. The van der Waals surface area contributed by atoms with Gasteiger partial charge < -0.3 is 64.2 Å². The van der Waals surface area contributed by atoms with Crippen LogP contribution in [0.15, 0.2) is 24.3 Å². The molecule has 7 N–H and O–H groups in total. The Labute approximate surface area is 424 Å². The molecule has 14 heteroatoms. The molecular weight excluding hydrogens is 897 g/mol. The number of ether oxygens (including phenoxy) is 6. The summed E-state index contributed by atoms with van der Waals surface area (Å²) in [5.41, 5.74) is 0. The number of esters is 1. The molecule has 0 spiro atoms. The van der Waals surface area contributed by atoms with E-state index in [1.165, 1.54) is 135 Å². The van der Waals surface area contributed by atoms with Crippen LogP contribution in [0.1, 0.15) is 226 Å². The molecule has 0 radical (unpaired) electrons. The first-order valence-corrected chi connectivity index (χ1v) is 28.4. The normalized spacial score (nSPS) is 25.6. The van der Waals surface area contributed by atoms with E-state index >= 15 is 0 Å². The van der Waals surface area contributed by atoms with Crippen LogP contribution in [0, 0.1) is 0 Å². The van der Waals surface area contributed by atoms with E-state index in [0.29, 0.717) is 13.0 Å². The minimum absolute atomic E-state index is 0.0584. The van der Waals surface area contributed by atoms with E-state index < -0.39 is 80.7 Å². The lowest BCUT2D eigenvalue weighted by molar-refractivity contribution is -0.332. The molecule has 0 saturated carbocycles. The van der Waals surface area contributed by atoms with Crippen molar-refractivity contribution in [3.8, 4) is 0 Å². The molecule has 2 heterocycles. The molecule has 2 rings (SSSR count). The van der Waals surface area contributed by atoms with Crippen LogP contribution in [0.5, 0.6) is 0 Å². The Balaban J connectivity index is 1.71. The van der Waals surface area contributed by atoms with E-state index in [9.17, 15) is 40.5 Å². The zero-order valence-electron chi connectivity index (χ0n) is 44.0. The van der Waals surface area contributed by atoms with Gasteiger partial charge in [-0.25, -0.2) is 0 Å². The van der Waals surface area contributed by atoms with Crippen molar-refractivity contribution in [3.05, 3.63) is 24.3 Å². The van der Waals surface area contributed by atoms with Gasteiger partial charge in [-0.2, -0.15) is 0 Å². The number of aliphatic hydroxyl groups excluding tert-OH is 7. The maximum Gasteiger partial charge on any atom is 0.306 e. The molecule has 2 saturated heterocycles. The molecule has 0 aromatic heterocycles. The van der Waals surface area contributed by atoms with Crippen LogP contribution in [0.3, 0.4) is 0 Å². The first-order chi connectivity index (χ1) is 34.1. The number of aliphatic hydroxyl groups is 7. The van der Waals surface area contributed by atoms with Gasteiger partial charge in [0.1, 0.15) is 54.9 Å². The predicted molar refractivity (Wildman–Crippen MR) is 275 cm³/mol. The highest BCUT2D eigenvalue weighted by atomic mass is 16.7. The second-order valence-electron chi connectivity index (χ2n) is 20.1. The van der Waals surface area contributed by atoms with Gasteiger partial charge in [-0.3, -0.25) is 4.79 Å². The van der Waals surface area contributed by atoms with Gasteiger partial charge in [-0.15, -0.1) is 0 Å². The Kier molecular flexibility index (Phi) is 40.4. The summed E-state index contributed by atoms with van der Waals surface area (Å²) in [5.74, 6) is -0.375. The maximum absolute atomic E-state index is 13.1. The minimum Gasteiger partial charge on any atom is -0.457 e. The SMILES string of the molecule is CCCC/C=C\C/C=C\CCCCCCCCOCC(COC1OC(COC2OC(CO)C(O)C(O)C2O)C(O)C(O)C1O)OC(=O)CCCCCCCCCCCCCCCCCCCCCCC. The standard InChI is InChI=1S/C56H104O14/c1-3-5-7-9-11-13-15-17-19-20-21-22-23-24-25-27-29-31-33-35-37-39-48(58)68-45(42-65-40-38-36-34-32-30-28-26-18-16-14-12-10-8-6-4-2)43-66-55-54(64)52(62)50(60)47(70-55)44-67-56-53(63)51(61)49(59)46(41-57)69-56/h10,12,16,18,45-47,49-57,59-64H,3-9,11,13-15,17,19-44H2,1-2H3/b12-10-,18-16-. The third kappa shape index (κ3) is 30.6. The van der Waals surface area contributed by atoms with Gasteiger partial charge in [-0.1, -0.05) is 205 Å². The molecule has 11 unspecified atom stereocenters. The van der Waals surface area contributed by atoms with Crippen LogP contribution >= 0.6 is 0 Å². The molecular formula is C56H104O14. The summed E-state index contributed by atoms with van der Waals surface area (Å²) in [6, 6.07) is 0. The molecule has 0 aromatic carbocycles. The van der Waals surface area contributed by atoms with Gasteiger partial charge in [0, 0.05) is 13.0 Å². The fourth-order valence-corrected chi connectivity index (χ4v) is 9.07. The summed E-state index contributed by atoms with van der Waals surface area (Å²) in [6.07, 6.45) is 32.4. The van der Waals surface area contributed by atoms with Gasteiger partial charge in [0.15, 0.2) is 12.6 Å². The lowest BCUT2D eigenvalue weighted by Crippen LogP contribution is -2.61. The van der Waals surface area contributed by atoms with Crippen LogP contribution in [0.25, 0.3) is 0 Å². The third-order valence-corrected chi connectivity index (χ3v) is 13.7. The van der Waals surface area contributed by atoms with E-state index in [0.717, 1.165) is 64.2 Å². The molecule has 0 aliphatic carbocycles. The maximum atomic E-state index is 13.1. The van der Waals surface area contributed by atoms with Crippen molar-refractivity contribution in [1.29, 1.82) is 0 Å². The van der Waals surface area contributed by atoms with Crippen molar-refractivity contribution in [2.45, 2.75) is 293 Å². The van der Waals surface area contributed by atoms with Crippen molar-refractivity contribution in [1.82, 2.24) is 0 Å². The summed E-state index contributed by atoms with van der Waals surface area (Å²) in [6.45, 7) is 3.66. The molecule has 0 amide bonds. The van der Waals surface area contributed by atoms with Gasteiger partial charge >= 0.3 is 5.97 Å². The van der Waals surface area contributed by atoms with E-state index in [-0.39, 0.29) is 25.6 Å². The summed E-state index contributed by atoms with van der Waals surface area (Å²) >= 11 is 0. The Morgan fingerprint density at radius 3 is 1.41 bits per heavy atom. The van der Waals surface area contributed by atoms with Crippen molar-refractivity contribution < 1.29 is 69.0 Å². The zero-order valence-corrected chi connectivity index (χ0v) is 44.0. The van der Waals surface area contributed by atoms with Crippen molar-refractivity contribution in [3.63, 3.8) is 0 Å². The van der Waals surface area contributed by atoms with Gasteiger partial charge in [0.25, 0.3) is 0 Å². The van der Waals surface area contributed by atoms with Crippen LogP contribution < -0.4 is 0 Å². The number of hydrogen-bond donors (Lipinski definition) is 7. The molecule has 2 aliphatic rings. The largest absolute Gasteiger partial charge is 0.457 e. The first kappa shape index (κ1) is 64.6. The van der Waals surface area contributed by atoms with Crippen LogP contribution in [0.4, 0.5) is 0 Å². The van der Waals surface area contributed by atoms with Crippen molar-refractivity contribution >= 4 is 5.97 Å². The summed E-state index contributed by atoms with van der Waals surface area (Å²) in [4.78, 5) is 13.1. The van der Waals surface area contributed by atoms with Crippen LogP contribution in [-0.2, 0) is 33.2 Å². The topological polar surface area (TPSA) is 214 Å². The van der Waals surface area contributed by atoms with Gasteiger partial charge in [-0.05, 0) is 38.5 Å². The number of carbonyl (C=O) groups is 1. The van der Waals surface area contributed by atoms with Gasteiger partial charge in [0.2, 0.25) is 0 Å². The second-order valence-corrected chi connectivity index (χ2v) is 20.1. The Bertz CT molecular complexity index is 1250. The smallest absolute Gasteiger partial charge is 0.306 e. The third-order valence-electron chi connectivity index (χ3n) is 13.7. The van der Waals surface area contributed by atoms with E-state index in [4.69, 9.17) is 28.4 Å². The quantitative estimate of drug-likeness (QED) is 0.0172. The Morgan fingerprint density at radius 1 is 0.471 bits per heavy atom. The van der Waals surface area contributed by atoms with Crippen molar-refractivity contribution in [2.24, 2.45) is 0 Å². The van der Waals surface area contributed by atoms with Crippen molar-refractivity contribution in [2.75, 3.05) is 33.0 Å². The number of allylic oxidation sites excluding steroid dienone is 4. The van der Waals surface area contributed by atoms with E-state index in [1.54, 1.807) is 0 Å². The number of unbranched alkanes of at least 4 members (excludes halogenated alkanes) is 28. The van der Waals surface area contributed by atoms with E-state index in [1.807, 2.05) is 0 Å². The zero-order chi connectivity index (χ0) is 50.9. The van der Waals surface area contributed by atoms with Crippen LogP contribution in [0.2, 0.25) is 0 Å². The number of rotatable bonds is 46.